The van der Waals surface area contributed by atoms with E-state index >= 15 is 0 Å². The number of benzene rings is 2. The molecule has 0 radical (unpaired) electrons. The Morgan fingerprint density at radius 2 is 1.74 bits per heavy atom. The lowest BCUT2D eigenvalue weighted by molar-refractivity contribution is -0.383. The molecule has 1 heterocycles. The van der Waals surface area contributed by atoms with Crippen LogP contribution in [0.25, 0.3) is 21.8 Å². The van der Waals surface area contributed by atoms with Gasteiger partial charge in [-0.3, -0.25) is 14.9 Å². The number of para-hydroxylation sites is 1. The number of aromatic nitrogens is 1. The first kappa shape index (κ1) is 11.4. The van der Waals surface area contributed by atoms with Gasteiger partial charge in [-0.1, -0.05) is 18.2 Å². The number of fused-ring (bicyclic) bond motifs is 2. The lowest BCUT2D eigenvalue weighted by atomic mass is 10.1. The van der Waals surface area contributed by atoms with Crippen LogP contribution in [-0.4, -0.2) is 9.49 Å². The second kappa shape index (κ2) is 3.91. The normalized spacial score (nSPS) is 11.0. The van der Waals surface area contributed by atoms with Crippen LogP contribution in [-0.2, 0) is 7.05 Å². The van der Waals surface area contributed by atoms with Gasteiger partial charge in [0.2, 0.25) is 5.43 Å². The van der Waals surface area contributed by atoms with Crippen molar-refractivity contribution in [3.63, 3.8) is 0 Å². The van der Waals surface area contributed by atoms with Gasteiger partial charge in [-0.15, -0.1) is 0 Å². The maximum Gasteiger partial charge on any atom is 0.282 e. The van der Waals surface area contributed by atoms with E-state index in [0.717, 1.165) is 5.52 Å². The van der Waals surface area contributed by atoms with Crippen molar-refractivity contribution in [2.24, 2.45) is 7.05 Å². The summed E-state index contributed by atoms with van der Waals surface area (Å²) in [7, 11) is 1.80. The number of nitro benzene ring substituents is 1. The maximum atomic E-state index is 12.4. The van der Waals surface area contributed by atoms with Gasteiger partial charge in [-0.25, -0.2) is 0 Å². The Hall–Kier alpha value is -2.69. The molecule has 0 aliphatic heterocycles. The Bertz CT molecular complexity index is 881. The molecule has 0 N–H and O–H groups in total. The summed E-state index contributed by atoms with van der Waals surface area (Å²) < 4.78 is 1.80. The first-order valence-corrected chi connectivity index (χ1v) is 5.76. The fourth-order valence-electron chi connectivity index (χ4n) is 2.42. The molecule has 0 bridgehead atoms. The van der Waals surface area contributed by atoms with Gasteiger partial charge in [0.05, 0.1) is 16.0 Å². The SMILES string of the molecule is Cn1c2ccccc2c(=O)c2c([N+](=O)[O-])cccc21. The lowest BCUT2D eigenvalue weighted by Gasteiger charge is -2.09. The van der Waals surface area contributed by atoms with Gasteiger partial charge in [0, 0.05) is 18.5 Å². The van der Waals surface area contributed by atoms with E-state index in [2.05, 4.69) is 0 Å². The van der Waals surface area contributed by atoms with E-state index in [1.54, 1.807) is 35.9 Å². The van der Waals surface area contributed by atoms with Crippen LogP contribution in [0.2, 0.25) is 0 Å². The van der Waals surface area contributed by atoms with Crippen molar-refractivity contribution in [2.45, 2.75) is 0 Å². The van der Waals surface area contributed by atoms with E-state index in [4.69, 9.17) is 0 Å². The molecule has 3 rings (SSSR count). The zero-order chi connectivity index (χ0) is 13.6. The molecule has 0 atom stereocenters. The summed E-state index contributed by atoms with van der Waals surface area (Å²) in [5.74, 6) is 0. The summed E-state index contributed by atoms with van der Waals surface area (Å²) in [4.78, 5) is 23.0. The molecular formula is C14H10N2O3. The van der Waals surface area contributed by atoms with E-state index in [9.17, 15) is 14.9 Å². The van der Waals surface area contributed by atoms with Crippen LogP contribution >= 0.6 is 0 Å². The number of aryl methyl sites for hydroxylation is 1. The predicted octanol–water partition coefficient (Wildman–Crippen LogP) is 2.60. The number of hydrogen-bond donors (Lipinski definition) is 0. The van der Waals surface area contributed by atoms with E-state index in [-0.39, 0.29) is 16.5 Å². The number of nitrogens with zero attached hydrogens (tertiary/aromatic N) is 2. The van der Waals surface area contributed by atoms with Gasteiger partial charge >= 0.3 is 0 Å². The van der Waals surface area contributed by atoms with Crippen LogP contribution < -0.4 is 5.43 Å². The molecule has 2 aromatic carbocycles. The van der Waals surface area contributed by atoms with Crippen molar-refractivity contribution >= 4 is 27.5 Å². The van der Waals surface area contributed by atoms with Crippen molar-refractivity contribution in [2.75, 3.05) is 0 Å². The minimum atomic E-state index is -0.515. The Morgan fingerprint density at radius 1 is 1.05 bits per heavy atom. The average Bonchev–Trinajstić information content (AvgIpc) is 2.44. The zero-order valence-electron chi connectivity index (χ0n) is 10.2. The molecule has 0 saturated heterocycles. The fourth-order valence-corrected chi connectivity index (χ4v) is 2.42. The fraction of sp³-hybridized carbons (Fsp3) is 0.0714. The minimum absolute atomic E-state index is 0.149. The van der Waals surface area contributed by atoms with Gasteiger partial charge in [0.25, 0.3) is 5.69 Å². The summed E-state index contributed by atoms with van der Waals surface area (Å²) in [5.41, 5.74) is 0.887. The molecule has 5 nitrogen and oxygen atoms in total. The highest BCUT2D eigenvalue weighted by molar-refractivity contribution is 5.97. The van der Waals surface area contributed by atoms with Crippen molar-refractivity contribution in [3.8, 4) is 0 Å². The van der Waals surface area contributed by atoms with Crippen LogP contribution in [0, 0.1) is 10.1 Å². The van der Waals surface area contributed by atoms with Crippen molar-refractivity contribution in [1.82, 2.24) is 4.57 Å². The predicted molar refractivity (Wildman–Crippen MR) is 73.3 cm³/mol. The second-order valence-corrected chi connectivity index (χ2v) is 4.33. The van der Waals surface area contributed by atoms with E-state index in [1.165, 1.54) is 6.07 Å². The van der Waals surface area contributed by atoms with Crippen molar-refractivity contribution in [1.29, 1.82) is 0 Å². The van der Waals surface area contributed by atoms with E-state index in [1.807, 2.05) is 12.1 Å². The molecule has 19 heavy (non-hydrogen) atoms. The molecule has 1 aromatic heterocycles. The van der Waals surface area contributed by atoms with E-state index in [0.29, 0.717) is 10.9 Å². The Kier molecular flexibility index (Phi) is 2.35. The van der Waals surface area contributed by atoms with Gasteiger partial charge in [0.1, 0.15) is 5.39 Å². The van der Waals surface area contributed by atoms with Crippen LogP contribution in [0.3, 0.4) is 0 Å². The third-order valence-corrected chi connectivity index (χ3v) is 3.32. The quantitative estimate of drug-likeness (QED) is 0.381. The molecule has 0 saturated carbocycles. The third kappa shape index (κ3) is 1.52. The van der Waals surface area contributed by atoms with Gasteiger partial charge in [0.15, 0.2) is 0 Å². The Balaban J connectivity index is 2.69. The lowest BCUT2D eigenvalue weighted by Crippen LogP contribution is -2.10. The summed E-state index contributed by atoms with van der Waals surface area (Å²) >= 11 is 0. The molecule has 5 heteroatoms. The van der Waals surface area contributed by atoms with Crippen LogP contribution in [0.1, 0.15) is 0 Å². The highest BCUT2D eigenvalue weighted by Crippen LogP contribution is 2.25. The van der Waals surface area contributed by atoms with Gasteiger partial charge < -0.3 is 4.57 Å². The first-order valence-electron chi connectivity index (χ1n) is 5.76. The maximum absolute atomic E-state index is 12.4. The Labute approximate surface area is 107 Å². The standard InChI is InChI=1S/C14H10N2O3/c1-15-10-6-3-2-5-9(10)14(17)13-11(15)7-4-8-12(13)16(18)19/h2-8H,1H3. The highest BCUT2D eigenvalue weighted by atomic mass is 16.6. The molecule has 0 aliphatic carbocycles. The largest absolute Gasteiger partial charge is 0.343 e. The number of hydrogen-bond acceptors (Lipinski definition) is 3. The second-order valence-electron chi connectivity index (χ2n) is 4.33. The number of non-ortho nitro benzene ring substituents is 1. The molecular weight excluding hydrogens is 244 g/mol. The summed E-state index contributed by atoms with van der Waals surface area (Å²) in [5, 5.41) is 11.7. The molecule has 0 fully saturated rings. The minimum Gasteiger partial charge on any atom is -0.343 e. The first-order chi connectivity index (χ1) is 9.11. The third-order valence-electron chi connectivity index (χ3n) is 3.32. The average molecular weight is 254 g/mol. The molecule has 0 amide bonds. The van der Waals surface area contributed by atoms with E-state index < -0.39 is 4.92 Å². The van der Waals surface area contributed by atoms with Crippen molar-refractivity contribution in [3.05, 3.63) is 62.8 Å². The number of rotatable bonds is 1. The summed E-state index contributed by atoms with van der Waals surface area (Å²) in [6, 6.07) is 11.8. The topological polar surface area (TPSA) is 65.1 Å². The Morgan fingerprint density at radius 3 is 2.47 bits per heavy atom. The van der Waals surface area contributed by atoms with Crippen LogP contribution in [0.4, 0.5) is 5.69 Å². The zero-order valence-corrected chi connectivity index (χ0v) is 10.2. The number of nitro groups is 1. The highest BCUT2D eigenvalue weighted by Gasteiger charge is 2.18. The van der Waals surface area contributed by atoms with Gasteiger partial charge in [-0.2, -0.15) is 0 Å². The summed E-state index contributed by atoms with van der Waals surface area (Å²) in [6.07, 6.45) is 0. The van der Waals surface area contributed by atoms with Gasteiger partial charge in [-0.05, 0) is 18.2 Å². The van der Waals surface area contributed by atoms with Crippen LogP contribution in [0.5, 0.6) is 0 Å². The smallest absolute Gasteiger partial charge is 0.282 e. The molecule has 3 aromatic rings. The number of pyridine rings is 1. The summed E-state index contributed by atoms with van der Waals surface area (Å²) in [6.45, 7) is 0. The van der Waals surface area contributed by atoms with Crippen LogP contribution in [0.15, 0.2) is 47.3 Å². The van der Waals surface area contributed by atoms with Crippen molar-refractivity contribution < 1.29 is 4.92 Å². The molecule has 0 spiro atoms. The molecule has 0 unspecified atom stereocenters. The molecule has 0 aliphatic rings. The monoisotopic (exact) mass is 254 g/mol. The molecule has 94 valence electrons.